The van der Waals surface area contributed by atoms with Crippen molar-refractivity contribution in [2.75, 3.05) is 5.73 Å². The quantitative estimate of drug-likeness (QED) is 0.859. The van der Waals surface area contributed by atoms with Crippen LogP contribution in [0.15, 0.2) is 12.1 Å². The third-order valence-electron chi connectivity index (χ3n) is 3.40. The van der Waals surface area contributed by atoms with Gasteiger partial charge in [0.05, 0.1) is 5.69 Å². The lowest BCUT2D eigenvalue weighted by Gasteiger charge is -2.29. The van der Waals surface area contributed by atoms with Crippen LogP contribution in [-0.2, 0) is 0 Å². The highest BCUT2D eigenvalue weighted by Crippen LogP contribution is 2.29. The number of pyridine rings is 1. The lowest BCUT2D eigenvalue weighted by molar-refractivity contribution is 0.0683. The van der Waals surface area contributed by atoms with Crippen LogP contribution in [0.4, 0.5) is 5.69 Å². The van der Waals surface area contributed by atoms with Gasteiger partial charge in [0.15, 0.2) is 5.69 Å². The molecule has 2 atom stereocenters. The first-order chi connectivity index (χ1) is 8.58. The van der Waals surface area contributed by atoms with E-state index in [1.165, 1.54) is 18.6 Å². The number of ether oxygens (including phenoxy) is 1. The Bertz CT molecular complexity index is 448. The van der Waals surface area contributed by atoms with E-state index in [4.69, 9.17) is 15.6 Å². The molecule has 0 bridgehead atoms. The number of nitrogen functional groups attached to an aromatic ring is 1. The lowest BCUT2D eigenvalue weighted by atomic mass is 9.88. The first-order valence-corrected chi connectivity index (χ1v) is 6.24. The second kappa shape index (κ2) is 5.25. The molecule has 0 spiro atoms. The Labute approximate surface area is 106 Å². The average molecular weight is 250 g/mol. The molecule has 2 rings (SSSR count). The predicted molar refractivity (Wildman–Crippen MR) is 67.7 cm³/mol. The molecule has 5 nitrogen and oxygen atoms in total. The monoisotopic (exact) mass is 250 g/mol. The molecule has 1 aliphatic carbocycles. The summed E-state index contributed by atoms with van der Waals surface area (Å²) in [5, 5.41) is 8.90. The Morgan fingerprint density at radius 2 is 2.17 bits per heavy atom. The van der Waals surface area contributed by atoms with E-state index in [1.807, 2.05) is 0 Å². The fourth-order valence-corrected chi connectivity index (χ4v) is 2.27. The first-order valence-electron chi connectivity index (χ1n) is 6.24. The van der Waals surface area contributed by atoms with E-state index in [0.717, 1.165) is 19.3 Å². The Balaban J connectivity index is 2.17. The average Bonchev–Trinajstić information content (AvgIpc) is 2.34. The highest BCUT2D eigenvalue weighted by molar-refractivity contribution is 5.86. The Kier molecular flexibility index (Phi) is 3.69. The Morgan fingerprint density at radius 3 is 2.83 bits per heavy atom. The standard InChI is InChI=1S/C13H18N2O3/c1-8-4-2-3-5-11(8)18-12-9(14)6-7-10(15-12)13(16)17/h6-8,11H,2-5,14H2,1H3,(H,16,17). The van der Waals surface area contributed by atoms with E-state index in [-0.39, 0.29) is 17.7 Å². The predicted octanol–water partition coefficient (Wildman–Crippen LogP) is 2.32. The van der Waals surface area contributed by atoms with Gasteiger partial charge in [0, 0.05) is 0 Å². The summed E-state index contributed by atoms with van der Waals surface area (Å²) in [6.45, 7) is 2.14. The van der Waals surface area contributed by atoms with Gasteiger partial charge in [0.1, 0.15) is 6.10 Å². The Hall–Kier alpha value is -1.78. The van der Waals surface area contributed by atoms with Crippen LogP contribution in [-0.4, -0.2) is 22.2 Å². The molecule has 0 amide bonds. The summed E-state index contributed by atoms with van der Waals surface area (Å²) in [4.78, 5) is 14.8. The molecule has 1 heterocycles. The van der Waals surface area contributed by atoms with E-state index in [2.05, 4.69) is 11.9 Å². The molecule has 1 aliphatic rings. The molecular weight excluding hydrogens is 232 g/mol. The third kappa shape index (κ3) is 2.72. The smallest absolute Gasteiger partial charge is 0.354 e. The van der Waals surface area contributed by atoms with Crippen LogP contribution in [0.1, 0.15) is 43.1 Å². The molecule has 0 aliphatic heterocycles. The molecule has 0 saturated heterocycles. The maximum atomic E-state index is 10.9. The molecule has 1 saturated carbocycles. The fraction of sp³-hybridized carbons (Fsp3) is 0.538. The van der Waals surface area contributed by atoms with Crippen LogP contribution in [0.2, 0.25) is 0 Å². The molecule has 0 aromatic carbocycles. The van der Waals surface area contributed by atoms with Crippen LogP contribution in [0, 0.1) is 5.92 Å². The lowest BCUT2D eigenvalue weighted by Crippen LogP contribution is -2.29. The zero-order valence-electron chi connectivity index (χ0n) is 10.4. The van der Waals surface area contributed by atoms with Gasteiger partial charge in [0.2, 0.25) is 5.88 Å². The van der Waals surface area contributed by atoms with Crippen LogP contribution in [0.3, 0.4) is 0 Å². The maximum Gasteiger partial charge on any atom is 0.354 e. The van der Waals surface area contributed by atoms with Gasteiger partial charge in [-0.1, -0.05) is 13.3 Å². The number of nitrogens with zero attached hydrogens (tertiary/aromatic N) is 1. The van der Waals surface area contributed by atoms with E-state index in [9.17, 15) is 4.79 Å². The van der Waals surface area contributed by atoms with Gasteiger partial charge < -0.3 is 15.6 Å². The minimum Gasteiger partial charge on any atom is -0.477 e. The molecule has 0 radical (unpaired) electrons. The number of hydrogen-bond donors (Lipinski definition) is 2. The molecule has 2 unspecified atom stereocenters. The highest BCUT2D eigenvalue weighted by atomic mass is 16.5. The van der Waals surface area contributed by atoms with Crippen molar-refractivity contribution in [3.63, 3.8) is 0 Å². The summed E-state index contributed by atoms with van der Waals surface area (Å²) in [5.41, 5.74) is 6.12. The SMILES string of the molecule is CC1CCCCC1Oc1nc(C(=O)O)ccc1N. The van der Waals surface area contributed by atoms with Gasteiger partial charge in [-0.05, 0) is 37.3 Å². The van der Waals surface area contributed by atoms with Crippen molar-refractivity contribution in [1.29, 1.82) is 0 Å². The fourth-order valence-electron chi connectivity index (χ4n) is 2.27. The zero-order valence-corrected chi connectivity index (χ0v) is 10.4. The summed E-state index contributed by atoms with van der Waals surface area (Å²) >= 11 is 0. The third-order valence-corrected chi connectivity index (χ3v) is 3.40. The summed E-state index contributed by atoms with van der Waals surface area (Å²) in [6, 6.07) is 2.91. The summed E-state index contributed by atoms with van der Waals surface area (Å²) in [6.07, 6.45) is 4.53. The summed E-state index contributed by atoms with van der Waals surface area (Å²) in [7, 11) is 0. The number of nitrogens with two attached hydrogens (primary N) is 1. The molecule has 1 fully saturated rings. The molecule has 1 aromatic heterocycles. The van der Waals surface area contributed by atoms with Crippen molar-refractivity contribution in [3.05, 3.63) is 17.8 Å². The number of carboxylic acids is 1. The number of aromatic carboxylic acids is 1. The van der Waals surface area contributed by atoms with E-state index < -0.39 is 5.97 Å². The van der Waals surface area contributed by atoms with Gasteiger partial charge >= 0.3 is 5.97 Å². The van der Waals surface area contributed by atoms with E-state index in [0.29, 0.717) is 11.6 Å². The Morgan fingerprint density at radius 1 is 1.44 bits per heavy atom. The molecule has 98 valence electrons. The van der Waals surface area contributed by atoms with Gasteiger partial charge in [-0.25, -0.2) is 9.78 Å². The van der Waals surface area contributed by atoms with Crippen LogP contribution < -0.4 is 10.5 Å². The van der Waals surface area contributed by atoms with E-state index in [1.54, 1.807) is 0 Å². The molecule has 3 N–H and O–H groups in total. The zero-order chi connectivity index (χ0) is 13.1. The van der Waals surface area contributed by atoms with Crippen LogP contribution in [0.5, 0.6) is 5.88 Å². The number of hydrogen-bond acceptors (Lipinski definition) is 4. The number of aromatic nitrogens is 1. The minimum atomic E-state index is -1.07. The van der Waals surface area contributed by atoms with Crippen LogP contribution >= 0.6 is 0 Å². The molecule has 18 heavy (non-hydrogen) atoms. The van der Waals surface area contributed by atoms with Crippen molar-refractivity contribution in [2.24, 2.45) is 5.92 Å². The van der Waals surface area contributed by atoms with Gasteiger partial charge in [-0.15, -0.1) is 0 Å². The van der Waals surface area contributed by atoms with Crippen molar-refractivity contribution in [2.45, 2.75) is 38.7 Å². The molecule has 1 aromatic rings. The normalized spacial score (nSPS) is 23.6. The molecular formula is C13H18N2O3. The summed E-state index contributed by atoms with van der Waals surface area (Å²) in [5.74, 6) is -0.376. The van der Waals surface area contributed by atoms with Gasteiger partial charge in [-0.2, -0.15) is 0 Å². The summed E-state index contributed by atoms with van der Waals surface area (Å²) < 4.78 is 5.79. The van der Waals surface area contributed by atoms with Gasteiger partial charge in [-0.3, -0.25) is 0 Å². The number of carbonyl (C=O) groups is 1. The van der Waals surface area contributed by atoms with Gasteiger partial charge in [0.25, 0.3) is 0 Å². The number of carboxylic acid groups (broad SMARTS) is 1. The maximum absolute atomic E-state index is 10.9. The van der Waals surface area contributed by atoms with Crippen molar-refractivity contribution < 1.29 is 14.6 Å². The minimum absolute atomic E-state index is 0.0392. The number of anilines is 1. The largest absolute Gasteiger partial charge is 0.477 e. The van der Waals surface area contributed by atoms with Crippen molar-refractivity contribution >= 4 is 11.7 Å². The first kappa shape index (κ1) is 12.7. The number of rotatable bonds is 3. The second-order valence-corrected chi connectivity index (χ2v) is 4.81. The van der Waals surface area contributed by atoms with E-state index >= 15 is 0 Å². The highest BCUT2D eigenvalue weighted by Gasteiger charge is 2.24. The molecule has 5 heteroatoms. The second-order valence-electron chi connectivity index (χ2n) is 4.81. The van der Waals surface area contributed by atoms with Crippen molar-refractivity contribution in [3.8, 4) is 5.88 Å². The van der Waals surface area contributed by atoms with Crippen LogP contribution in [0.25, 0.3) is 0 Å². The van der Waals surface area contributed by atoms with Crippen molar-refractivity contribution in [1.82, 2.24) is 4.98 Å². The topological polar surface area (TPSA) is 85.4 Å².